The first kappa shape index (κ1) is 29.2. The molecular weight excluding hydrogens is 494 g/mol. The first-order valence-corrected chi connectivity index (χ1v) is 13.0. The van der Waals surface area contributed by atoms with Crippen molar-refractivity contribution in [2.24, 2.45) is 0 Å². The maximum Gasteiger partial charge on any atom is 0.253 e. The van der Waals surface area contributed by atoms with Gasteiger partial charge in [0, 0.05) is 43.4 Å². The maximum atomic E-state index is 13.9. The molecule has 3 rings (SSSR count). The van der Waals surface area contributed by atoms with E-state index in [9.17, 15) is 28.3 Å². The predicted molar refractivity (Wildman–Crippen MR) is 140 cm³/mol. The number of carbonyl (C=O) groups excluding carboxylic acids is 3. The van der Waals surface area contributed by atoms with Crippen molar-refractivity contribution in [3.63, 3.8) is 0 Å². The van der Waals surface area contributed by atoms with Gasteiger partial charge in [0.2, 0.25) is 5.91 Å². The third kappa shape index (κ3) is 7.58. The largest absolute Gasteiger partial charge is 0.389 e. The Morgan fingerprint density at radius 3 is 2.26 bits per heavy atom. The fraction of sp³-hybridized carbons (Fsp3) is 0.464. The number of benzene rings is 2. The van der Waals surface area contributed by atoms with Gasteiger partial charge in [-0.25, -0.2) is 8.78 Å². The molecule has 1 aliphatic rings. The summed E-state index contributed by atoms with van der Waals surface area (Å²) in [5.74, 6) is -2.79. The predicted octanol–water partition coefficient (Wildman–Crippen LogP) is 2.33. The number of aryl methyl sites for hydroxylation is 1. The molecule has 4 N–H and O–H groups in total. The van der Waals surface area contributed by atoms with Crippen molar-refractivity contribution >= 4 is 17.7 Å². The monoisotopic (exact) mass is 530 g/mol. The van der Waals surface area contributed by atoms with Crippen LogP contribution in [0.5, 0.6) is 0 Å². The summed E-state index contributed by atoms with van der Waals surface area (Å²) in [6.07, 6.45) is 0.0638. The number of rotatable bonds is 11. The summed E-state index contributed by atoms with van der Waals surface area (Å²) >= 11 is 0. The maximum absolute atomic E-state index is 13.9. The number of hydrogen-bond donors (Lipinski definition) is 4. The molecule has 0 spiro atoms. The molecule has 0 radical (unpaired) electrons. The molecule has 0 aromatic heterocycles. The van der Waals surface area contributed by atoms with Gasteiger partial charge in [-0.05, 0) is 67.6 Å². The highest BCUT2D eigenvalue weighted by atomic mass is 19.1. The number of halogens is 2. The van der Waals surface area contributed by atoms with E-state index in [4.69, 9.17) is 0 Å². The van der Waals surface area contributed by atoms with Gasteiger partial charge in [-0.3, -0.25) is 14.4 Å². The lowest BCUT2D eigenvalue weighted by molar-refractivity contribution is -0.127. The Balaban J connectivity index is 1.89. The van der Waals surface area contributed by atoms with Gasteiger partial charge in [0.25, 0.3) is 11.8 Å². The summed E-state index contributed by atoms with van der Waals surface area (Å²) in [5.41, 5.74) is 1.48. The lowest BCUT2D eigenvalue weighted by Crippen LogP contribution is -2.63. The van der Waals surface area contributed by atoms with Crippen LogP contribution in [0.2, 0.25) is 0 Å². The zero-order valence-electron chi connectivity index (χ0n) is 22.0. The van der Waals surface area contributed by atoms with Gasteiger partial charge in [-0.2, -0.15) is 0 Å². The van der Waals surface area contributed by atoms with Crippen LogP contribution in [0.1, 0.15) is 58.5 Å². The molecule has 0 saturated carbocycles. The summed E-state index contributed by atoms with van der Waals surface area (Å²) in [5, 5.41) is 19.4. The van der Waals surface area contributed by atoms with Gasteiger partial charge < -0.3 is 26.0 Å². The number of carbonyl (C=O) groups is 3. The molecular formula is C28H36F2N4O4. The van der Waals surface area contributed by atoms with Crippen LogP contribution in [0.15, 0.2) is 36.4 Å². The van der Waals surface area contributed by atoms with E-state index < -0.39 is 41.6 Å². The standard InChI is InChI=1S/C28H36F2N4O4/c1-4-8-34(9-5-2)28(38)20-11-17(3)10-19(15-20)26(36)33-23(14-18-12-21(29)16-22(30)13-18)25(35)24-27(37)32-7-6-31-24/h10-13,15-16,23-25,31,35H,4-9,14H2,1-3H3,(H,32,37)(H,33,36)/t23-,24-,25-/m0/s1. The fourth-order valence-corrected chi connectivity index (χ4v) is 4.69. The second-order valence-electron chi connectivity index (χ2n) is 9.66. The van der Waals surface area contributed by atoms with Gasteiger partial charge in [0.1, 0.15) is 17.7 Å². The second-order valence-corrected chi connectivity index (χ2v) is 9.66. The van der Waals surface area contributed by atoms with E-state index in [-0.39, 0.29) is 23.5 Å². The van der Waals surface area contributed by atoms with Gasteiger partial charge in [0.05, 0.1) is 12.1 Å². The van der Waals surface area contributed by atoms with Gasteiger partial charge in [-0.1, -0.05) is 13.8 Å². The highest BCUT2D eigenvalue weighted by Crippen LogP contribution is 2.17. The van der Waals surface area contributed by atoms with Crippen LogP contribution in [0.3, 0.4) is 0 Å². The number of aliphatic hydroxyl groups is 1. The van der Waals surface area contributed by atoms with Crippen molar-refractivity contribution in [3.05, 3.63) is 70.3 Å². The Hall–Kier alpha value is -3.37. The topological polar surface area (TPSA) is 111 Å². The van der Waals surface area contributed by atoms with Gasteiger partial charge in [0.15, 0.2) is 0 Å². The zero-order valence-corrected chi connectivity index (χ0v) is 22.0. The summed E-state index contributed by atoms with van der Waals surface area (Å²) < 4.78 is 27.7. The van der Waals surface area contributed by atoms with Crippen molar-refractivity contribution < 1.29 is 28.3 Å². The number of amides is 3. The number of aliphatic hydroxyl groups excluding tert-OH is 1. The minimum atomic E-state index is -1.40. The van der Waals surface area contributed by atoms with E-state index in [1.807, 2.05) is 13.8 Å². The Labute approximate surface area is 221 Å². The zero-order chi connectivity index (χ0) is 27.8. The van der Waals surface area contributed by atoms with E-state index in [1.54, 1.807) is 24.0 Å². The van der Waals surface area contributed by atoms with Gasteiger partial charge >= 0.3 is 0 Å². The molecule has 206 valence electrons. The van der Waals surface area contributed by atoms with E-state index >= 15 is 0 Å². The van der Waals surface area contributed by atoms with Crippen molar-refractivity contribution in [3.8, 4) is 0 Å². The highest BCUT2D eigenvalue weighted by Gasteiger charge is 2.35. The molecule has 0 bridgehead atoms. The Bertz CT molecular complexity index is 1130. The molecule has 0 aliphatic carbocycles. The van der Waals surface area contributed by atoms with Crippen LogP contribution in [-0.2, 0) is 11.2 Å². The third-order valence-electron chi connectivity index (χ3n) is 6.38. The molecule has 3 atom stereocenters. The van der Waals surface area contributed by atoms with Crippen molar-refractivity contribution in [1.82, 2.24) is 20.9 Å². The van der Waals surface area contributed by atoms with E-state index in [2.05, 4.69) is 16.0 Å². The molecule has 8 nitrogen and oxygen atoms in total. The van der Waals surface area contributed by atoms with Crippen LogP contribution in [-0.4, -0.2) is 72.1 Å². The number of piperazine rings is 1. The molecule has 1 saturated heterocycles. The molecule has 2 aromatic rings. The SMILES string of the molecule is CCCN(CCC)C(=O)c1cc(C)cc(C(=O)N[C@@H](Cc2cc(F)cc(F)c2)[C@H](O)[C@@H]2NCCNC2=O)c1. The van der Waals surface area contributed by atoms with Crippen LogP contribution in [0.4, 0.5) is 8.78 Å². The summed E-state index contributed by atoms with van der Waals surface area (Å²) in [6, 6.07) is 5.70. The molecule has 1 heterocycles. The van der Waals surface area contributed by atoms with E-state index in [1.165, 1.54) is 6.07 Å². The van der Waals surface area contributed by atoms with Gasteiger partial charge in [-0.15, -0.1) is 0 Å². The Kier molecular flexibility index (Phi) is 10.3. The smallest absolute Gasteiger partial charge is 0.253 e. The molecule has 0 unspecified atom stereocenters. The minimum Gasteiger partial charge on any atom is -0.389 e. The van der Waals surface area contributed by atoms with E-state index in [0.29, 0.717) is 37.3 Å². The lowest BCUT2D eigenvalue weighted by Gasteiger charge is -2.33. The van der Waals surface area contributed by atoms with Crippen molar-refractivity contribution in [2.45, 2.75) is 58.2 Å². The first-order valence-electron chi connectivity index (χ1n) is 13.0. The van der Waals surface area contributed by atoms with Crippen molar-refractivity contribution in [1.29, 1.82) is 0 Å². The molecule has 3 amide bonds. The Morgan fingerprint density at radius 2 is 1.66 bits per heavy atom. The van der Waals surface area contributed by atoms with Crippen molar-refractivity contribution in [2.75, 3.05) is 26.2 Å². The molecule has 1 fully saturated rings. The third-order valence-corrected chi connectivity index (χ3v) is 6.38. The second kappa shape index (κ2) is 13.4. The normalized spacial score (nSPS) is 16.9. The highest BCUT2D eigenvalue weighted by molar-refractivity contribution is 6.00. The summed E-state index contributed by atoms with van der Waals surface area (Å²) in [7, 11) is 0. The van der Waals surface area contributed by atoms with E-state index in [0.717, 1.165) is 31.0 Å². The average molecular weight is 531 g/mol. The van der Waals surface area contributed by atoms with Crippen LogP contribution < -0.4 is 16.0 Å². The van der Waals surface area contributed by atoms with Crippen LogP contribution in [0, 0.1) is 18.6 Å². The average Bonchev–Trinajstić information content (AvgIpc) is 2.86. The molecule has 1 aliphatic heterocycles. The molecule has 38 heavy (non-hydrogen) atoms. The summed E-state index contributed by atoms with van der Waals surface area (Å²) in [4.78, 5) is 40.7. The lowest BCUT2D eigenvalue weighted by atomic mass is 9.94. The minimum absolute atomic E-state index is 0.134. The van der Waals surface area contributed by atoms with Crippen LogP contribution in [0.25, 0.3) is 0 Å². The quantitative estimate of drug-likeness (QED) is 0.357. The fourth-order valence-electron chi connectivity index (χ4n) is 4.69. The Morgan fingerprint density at radius 1 is 1.03 bits per heavy atom. The molecule has 2 aromatic carbocycles. The molecule has 10 heteroatoms. The van der Waals surface area contributed by atoms with Crippen LogP contribution >= 0.6 is 0 Å². The number of hydrogen-bond acceptors (Lipinski definition) is 5. The number of nitrogens with zero attached hydrogens (tertiary/aromatic N) is 1. The first-order chi connectivity index (χ1) is 18.1. The number of nitrogens with one attached hydrogen (secondary N) is 3. The summed E-state index contributed by atoms with van der Waals surface area (Å²) in [6.45, 7) is 7.74.